The number of rotatable bonds is 3. The normalized spacial score (nSPS) is 16.8. The van der Waals surface area contributed by atoms with Crippen molar-refractivity contribution < 1.29 is 0 Å². The molecule has 0 heterocycles. The molecule has 0 aliphatic heterocycles. The Morgan fingerprint density at radius 1 is 0.950 bits per heavy atom. The van der Waals surface area contributed by atoms with Crippen LogP contribution in [0.4, 0.5) is 0 Å². The lowest BCUT2D eigenvalue weighted by atomic mass is 9.79. The van der Waals surface area contributed by atoms with E-state index in [0.29, 0.717) is 0 Å². The van der Waals surface area contributed by atoms with Crippen LogP contribution in [0.25, 0.3) is 0 Å². The molecule has 0 spiro atoms. The maximum atomic E-state index is 6.49. The molecule has 1 heteroatoms. The Bertz CT molecular complexity index is 573. The first-order valence-electron chi connectivity index (χ1n) is 7.58. The molecule has 1 nitrogen and oxygen atoms in total. The van der Waals surface area contributed by atoms with E-state index in [0.717, 1.165) is 5.92 Å². The molecule has 0 bridgehead atoms. The summed E-state index contributed by atoms with van der Waals surface area (Å²) in [4.78, 5) is 0. The monoisotopic (exact) mass is 265 g/mol. The van der Waals surface area contributed by atoms with Gasteiger partial charge in [0.1, 0.15) is 0 Å². The zero-order valence-electron chi connectivity index (χ0n) is 12.4. The second kappa shape index (κ2) is 5.41. The average Bonchev–Trinajstić information content (AvgIpc) is 2.37. The molecule has 1 saturated carbocycles. The van der Waals surface area contributed by atoms with Crippen LogP contribution in [0.3, 0.4) is 0 Å². The number of hydrogen-bond acceptors (Lipinski definition) is 1. The topological polar surface area (TPSA) is 26.0 Å². The highest BCUT2D eigenvalue weighted by molar-refractivity contribution is 5.42. The molecule has 2 N–H and O–H groups in total. The van der Waals surface area contributed by atoms with Gasteiger partial charge in [0.2, 0.25) is 0 Å². The summed E-state index contributed by atoms with van der Waals surface area (Å²) in [6, 6.07) is 15.3. The Morgan fingerprint density at radius 3 is 2.05 bits per heavy atom. The first-order valence-corrected chi connectivity index (χ1v) is 7.58. The fourth-order valence-corrected chi connectivity index (χ4v) is 3.20. The predicted molar refractivity (Wildman–Crippen MR) is 85.0 cm³/mol. The van der Waals surface area contributed by atoms with Crippen molar-refractivity contribution in [3.8, 4) is 0 Å². The third kappa shape index (κ3) is 2.38. The fraction of sp³-hybridized carbons (Fsp3) is 0.368. The van der Waals surface area contributed by atoms with Crippen molar-refractivity contribution in [2.75, 3.05) is 0 Å². The molecule has 1 atom stereocenters. The van der Waals surface area contributed by atoms with E-state index >= 15 is 0 Å². The Hall–Kier alpha value is -1.60. The Morgan fingerprint density at radius 2 is 1.55 bits per heavy atom. The number of hydrogen-bond donors (Lipinski definition) is 1. The molecule has 3 rings (SSSR count). The van der Waals surface area contributed by atoms with E-state index in [1.165, 1.54) is 47.1 Å². The second-order valence-corrected chi connectivity index (χ2v) is 6.08. The molecule has 0 saturated heterocycles. The van der Waals surface area contributed by atoms with Crippen LogP contribution in [0.5, 0.6) is 0 Å². The van der Waals surface area contributed by atoms with Crippen LogP contribution in [0.15, 0.2) is 42.5 Å². The molecule has 1 fully saturated rings. The standard InChI is InChI=1S/C19H23N/c1-13-5-3-6-14(2)18(13)19(20)17-11-9-16(10-12-17)15-7-4-8-15/h3,5-6,9-12,15,19H,4,7-8,20H2,1-2H3. The molecule has 1 aliphatic carbocycles. The molecule has 1 aliphatic rings. The molecule has 2 aromatic carbocycles. The number of benzene rings is 2. The summed E-state index contributed by atoms with van der Waals surface area (Å²) in [7, 11) is 0. The zero-order valence-corrected chi connectivity index (χ0v) is 12.4. The maximum absolute atomic E-state index is 6.49. The van der Waals surface area contributed by atoms with Gasteiger partial charge in [0.15, 0.2) is 0 Å². The minimum atomic E-state index is -0.0216. The largest absolute Gasteiger partial charge is 0.320 e. The molecule has 1 unspecified atom stereocenters. The van der Waals surface area contributed by atoms with E-state index in [1.807, 2.05) is 0 Å². The van der Waals surface area contributed by atoms with Crippen LogP contribution in [0, 0.1) is 13.8 Å². The lowest BCUT2D eigenvalue weighted by Gasteiger charge is -2.26. The number of nitrogens with two attached hydrogens (primary N) is 1. The van der Waals surface area contributed by atoms with E-state index < -0.39 is 0 Å². The third-order valence-corrected chi connectivity index (χ3v) is 4.73. The van der Waals surface area contributed by atoms with Crippen molar-refractivity contribution in [3.05, 3.63) is 70.3 Å². The highest BCUT2D eigenvalue weighted by atomic mass is 14.6. The summed E-state index contributed by atoms with van der Waals surface area (Å²) < 4.78 is 0. The third-order valence-electron chi connectivity index (χ3n) is 4.73. The fourth-order valence-electron chi connectivity index (χ4n) is 3.20. The molecule has 0 radical (unpaired) electrons. The number of aryl methyl sites for hydroxylation is 2. The van der Waals surface area contributed by atoms with E-state index in [-0.39, 0.29) is 6.04 Å². The molecular weight excluding hydrogens is 242 g/mol. The van der Waals surface area contributed by atoms with Crippen molar-refractivity contribution in [3.63, 3.8) is 0 Å². The van der Waals surface area contributed by atoms with E-state index in [9.17, 15) is 0 Å². The summed E-state index contributed by atoms with van der Waals surface area (Å²) in [5, 5.41) is 0. The summed E-state index contributed by atoms with van der Waals surface area (Å²) in [6.45, 7) is 4.29. The van der Waals surface area contributed by atoms with Gasteiger partial charge in [-0.1, -0.05) is 48.9 Å². The van der Waals surface area contributed by atoms with Crippen LogP contribution in [0.1, 0.15) is 59.0 Å². The zero-order chi connectivity index (χ0) is 14.1. The van der Waals surface area contributed by atoms with Crippen molar-refractivity contribution in [2.24, 2.45) is 5.73 Å². The maximum Gasteiger partial charge on any atom is 0.0556 e. The van der Waals surface area contributed by atoms with Gasteiger partial charge in [0, 0.05) is 0 Å². The highest BCUT2D eigenvalue weighted by Gasteiger charge is 2.20. The van der Waals surface area contributed by atoms with Gasteiger partial charge in [-0.2, -0.15) is 0 Å². The molecule has 0 aromatic heterocycles. The molecule has 2 aromatic rings. The van der Waals surface area contributed by atoms with Gasteiger partial charge < -0.3 is 5.73 Å². The van der Waals surface area contributed by atoms with E-state index in [1.54, 1.807) is 0 Å². The Kier molecular flexibility index (Phi) is 3.62. The van der Waals surface area contributed by atoms with Crippen LogP contribution < -0.4 is 5.73 Å². The van der Waals surface area contributed by atoms with E-state index in [2.05, 4.69) is 56.3 Å². The van der Waals surface area contributed by atoms with E-state index in [4.69, 9.17) is 5.73 Å². The van der Waals surface area contributed by atoms with Crippen LogP contribution in [-0.4, -0.2) is 0 Å². The van der Waals surface area contributed by atoms with Crippen molar-refractivity contribution in [1.29, 1.82) is 0 Å². The van der Waals surface area contributed by atoms with Gasteiger partial charge in [-0.3, -0.25) is 0 Å². The molecular formula is C19H23N. The summed E-state index contributed by atoms with van der Waals surface area (Å²) in [6.07, 6.45) is 4.08. The van der Waals surface area contributed by atoms with Gasteiger partial charge in [0.25, 0.3) is 0 Å². The first kappa shape index (κ1) is 13.4. The Labute approximate surface area is 121 Å². The minimum Gasteiger partial charge on any atom is -0.320 e. The molecule has 104 valence electrons. The van der Waals surface area contributed by atoms with Gasteiger partial charge in [0.05, 0.1) is 6.04 Å². The lowest BCUT2D eigenvalue weighted by molar-refractivity contribution is 0.419. The molecule has 0 amide bonds. The SMILES string of the molecule is Cc1cccc(C)c1C(N)c1ccc(C2CCC2)cc1. The minimum absolute atomic E-state index is 0.0216. The second-order valence-electron chi connectivity index (χ2n) is 6.08. The average molecular weight is 265 g/mol. The van der Waals surface area contributed by atoms with Crippen LogP contribution in [-0.2, 0) is 0 Å². The Balaban J connectivity index is 1.88. The molecule has 20 heavy (non-hydrogen) atoms. The van der Waals surface area contributed by atoms with Gasteiger partial charge in [-0.05, 0) is 60.4 Å². The van der Waals surface area contributed by atoms with Crippen LogP contribution >= 0.6 is 0 Å². The van der Waals surface area contributed by atoms with Gasteiger partial charge in [-0.25, -0.2) is 0 Å². The summed E-state index contributed by atoms with van der Waals surface area (Å²) in [5.41, 5.74) is 13.0. The van der Waals surface area contributed by atoms with Gasteiger partial charge >= 0.3 is 0 Å². The van der Waals surface area contributed by atoms with Gasteiger partial charge in [-0.15, -0.1) is 0 Å². The van der Waals surface area contributed by atoms with Crippen molar-refractivity contribution in [2.45, 2.75) is 45.1 Å². The van der Waals surface area contributed by atoms with Crippen molar-refractivity contribution >= 4 is 0 Å². The smallest absolute Gasteiger partial charge is 0.0556 e. The summed E-state index contributed by atoms with van der Waals surface area (Å²) in [5.74, 6) is 0.792. The predicted octanol–water partition coefficient (Wildman–Crippen LogP) is 4.62. The van der Waals surface area contributed by atoms with Crippen molar-refractivity contribution in [1.82, 2.24) is 0 Å². The highest BCUT2D eigenvalue weighted by Crippen LogP contribution is 2.37. The van der Waals surface area contributed by atoms with Crippen LogP contribution in [0.2, 0.25) is 0 Å². The first-order chi connectivity index (χ1) is 9.66. The quantitative estimate of drug-likeness (QED) is 0.861. The lowest BCUT2D eigenvalue weighted by Crippen LogP contribution is -2.15. The summed E-state index contributed by atoms with van der Waals surface area (Å²) >= 11 is 0.